The maximum Gasteiger partial charge on any atom is 0.332 e. The molecule has 172 valence electrons. The van der Waals surface area contributed by atoms with Gasteiger partial charge in [-0.25, -0.2) is 18.6 Å². The van der Waals surface area contributed by atoms with E-state index in [2.05, 4.69) is 4.98 Å². The van der Waals surface area contributed by atoms with E-state index in [1.54, 1.807) is 24.3 Å². The van der Waals surface area contributed by atoms with Gasteiger partial charge < -0.3 is 14.4 Å². The molecule has 0 aliphatic carbocycles. The fourth-order valence-electron chi connectivity index (χ4n) is 3.68. The Morgan fingerprint density at radius 3 is 2.03 bits per heavy atom. The Morgan fingerprint density at radius 2 is 1.48 bits per heavy atom. The summed E-state index contributed by atoms with van der Waals surface area (Å²) in [6.45, 7) is -0.144. The summed E-state index contributed by atoms with van der Waals surface area (Å²) in [5, 5.41) is 10.6. The first-order chi connectivity index (χ1) is 15.8. The highest BCUT2D eigenvalue weighted by Crippen LogP contribution is 2.27. The van der Waals surface area contributed by atoms with Gasteiger partial charge in [0.1, 0.15) is 17.7 Å². The van der Waals surface area contributed by atoms with E-state index in [0.29, 0.717) is 11.1 Å². The van der Waals surface area contributed by atoms with E-state index in [1.807, 2.05) is 0 Å². The molecule has 4 aromatic rings. The number of hydrogen-bond donors (Lipinski definition) is 1. The van der Waals surface area contributed by atoms with Crippen molar-refractivity contribution < 1.29 is 18.6 Å². The van der Waals surface area contributed by atoms with Gasteiger partial charge in [-0.1, -0.05) is 24.3 Å². The van der Waals surface area contributed by atoms with Crippen molar-refractivity contribution in [3.63, 3.8) is 0 Å². The van der Waals surface area contributed by atoms with Gasteiger partial charge in [-0.15, -0.1) is 0 Å². The molecule has 2 aromatic carbocycles. The Morgan fingerprint density at radius 1 is 0.939 bits per heavy atom. The molecular weight excluding hydrogens is 434 g/mol. The Labute approximate surface area is 186 Å². The summed E-state index contributed by atoms with van der Waals surface area (Å²) in [5.74, 6) is -0.806. The molecule has 0 spiro atoms. The average Bonchev–Trinajstić information content (AvgIpc) is 3.22. The molecule has 1 unspecified atom stereocenters. The minimum Gasteiger partial charge on any atom is -0.389 e. The van der Waals surface area contributed by atoms with Crippen LogP contribution in [-0.4, -0.2) is 36.5 Å². The second-order valence-electron chi connectivity index (χ2n) is 7.75. The van der Waals surface area contributed by atoms with E-state index in [-0.39, 0.29) is 24.3 Å². The van der Waals surface area contributed by atoms with Crippen molar-refractivity contribution in [3.8, 4) is 0 Å². The summed E-state index contributed by atoms with van der Waals surface area (Å²) >= 11 is 0. The lowest BCUT2D eigenvalue weighted by Gasteiger charge is -2.21. The Bertz CT molecular complexity index is 1350. The molecule has 2 heterocycles. The van der Waals surface area contributed by atoms with Crippen molar-refractivity contribution in [2.45, 2.75) is 18.8 Å². The summed E-state index contributed by atoms with van der Waals surface area (Å²) in [4.78, 5) is 28.8. The predicted molar refractivity (Wildman–Crippen MR) is 117 cm³/mol. The zero-order chi connectivity index (χ0) is 23.7. The Kier molecular flexibility index (Phi) is 6.21. The SMILES string of the molecule is Cn1c(=O)c2c(ncn2CC(O)COC(c2ccc(F)cc2)c2ccc(F)cc2)n(C)c1=O. The Hall–Kier alpha value is -3.63. The van der Waals surface area contributed by atoms with E-state index in [1.165, 1.54) is 53.8 Å². The van der Waals surface area contributed by atoms with Gasteiger partial charge in [0.05, 0.1) is 25.6 Å². The van der Waals surface area contributed by atoms with E-state index < -0.39 is 35.1 Å². The average molecular weight is 456 g/mol. The van der Waals surface area contributed by atoms with Gasteiger partial charge in [0.2, 0.25) is 0 Å². The second-order valence-corrected chi connectivity index (χ2v) is 7.75. The fraction of sp³-hybridized carbons (Fsp3) is 0.261. The van der Waals surface area contributed by atoms with Crippen LogP contribution in [0.2, 0.25) is 0 Å². The van der Waals surface area contributed by atoms with Crippen molar-refractivity contribution in [2.75, 3.05) is 6.61 Å². The van der Waals surface area contributed by atoms with Crippen LogP contribution in [0.3, 0.4) is 0 Å². The first-order valence-corrected chi connectivity index (χ1v) is 10.2. The first kappa shape index (κ1) is 22.6. The number of hydrogen-bond acceptors (Lipinski definition) is 5. The number of rotatable bonds is 7. The molecule has 0 aliphatic rings. The Balaban J connectivity index is 1.56. The lowest BCUT2D eigenvalue weighted by atomic mass is 10.0. The molecule has 0 aliphatic heterocycles. The van der Waals surface area contributed by atoms with Crippen molar-refractivity contribution in [1.29, 1.82) is 0 Å². The molecule has 0 bridgehead atoms. The molecule has 10 heteroatoms. The molecule has 0 radical (unpaired) electrons. The van der Waals surface area contributed by atoms with Crippen LogP contribution in [-0.2, 0) is 25.4 Å². The lowest BCUT2D eigenvalue weighted by molar-refractivity contribution is -0.000222. The number of benzene rings is 2. The third-order valence-electron chi connectivity index (χ3n) is 5.43. The van der Waals surface area contributed by atoms with Crippen LogP contribution >= 0.6 is 0 Å². The first-order valence-electron chi connectivity index (χ1n) is 10.2. The number of aliphatic hydroxyl groups excluding tert-OH is 1. The van der Waals surface area contributed by atoms with Crippen molar-refractivity contribution in [1.82, 2.24) is 18.7 Å². The monoisotopic (exact) mass is 456 g/mol. The summed E-state index contributed by atoms with van der Waals surface area (Å²) in [5.41, 5.74) is 0.649. The highest BCUT2D eigenvalue weighted by Gasteiger charge is 2.20. The van der Waals surface area contributed by atoms with Gasteiger partial charge >= 0.3 is 5.69 Å². The number of imidazole rings is 1. The van der Waals surface area contributed by atoms with Crippen LogP contribution in [0.1, 0.15) is 17.2 Å². The van der Waals surface area contributed by atoms with E-state index >= 15 is 0 Å². The topological polar surface area (TPSA) is 91.3 Å². The fourth-order valence-corrected chi connectivity index (χ4v) is 3.68. The minimum absolute atomic E-state index is 0.0104. The zero-order valence-electron chi connectivity index (χ0n) is 18.0. The van der Waals surface area contributed by atoms with Gasteiger partial charge in [0.15, 0.2) is 11.2 Å². The number of halogens is 2. The standard InChI is InChI=1S/C23H22F2N4O4/c1-27-21-19(22(31)28(2)23(27)32)29(13-26-21)11-18(30)12-33-20(14-3-7-16(24)8-4-14)15-5-9-17(25)10-6-15/h3-10,13,18,20,30H,11-12H2,1-2H3. The largest absolute Gasteiger partial charge is 0.389 e. The highest BCUT2D eigenvalue weighted by molar-refractivity contribution is 5.69. The summed E-state index contributed by atoms with van der Waals surface area (Å²) in [6.07, 6.45) is -0.326. The molecule has 1 N–H and O–H groups in total. The summed E-state index contributed by atoms with van der Waals surface area (Å²) < 4.78 is 36.4. The van der Waals surface area contributed by atoms with Gasteiger partial charge in [0.25, 0.3) is 5.56 Å². The molecule has 0 saturated carbocycles. The zero-order valence-corrected chi connectivity index (χ0v) is 18.0. The molecule has 8 nitrogen and oxygen atoms in total. The van der Waals surface area contributed by atoms with Crippen molar-refractivity contribution in [3.05, 3.63) is 98.5 Å². The quantitative estimate of drug-likeness (QED) is 0.459. The van der Waals surface area contributed by atoms with E-state index in [4.69, 9.17) is 4.74 Å². The summed E-state index contributed by atoms with van der Waals surface area (Å²) in [6, 6.07) is 11.4. The predicted octanol–water partition coefficient (Wildman–Crippen LogP) is 1.88. The molecule has 0 amide bonds. The minimum atomic E-state index is -1.03. The van der Waals surface area contributed by atoms with Crippen LogP contribution in [0.5, 0.6) is 0 Å². The number of fused-ring (bicyclic) bond motifs is 1. The summed E-state index contributed by atoms with van der Waals surface area (Å²) in [7, 11) is 2.88. The lowest BCUT2D eigenvalue weighted by Crippen LogP contribution is -2.38. The number of ether oxygens (including phenoxy) is 1. The number of nitrogens with zero attached hydrogens (tertiary/aromatic N) is 4. The third kappa shape index (κ3) is 4.48. The molecule has 1 atom stereocenters. The van der Waals surface area contributed by atoms with Gasteiger partial charge in [-0.2, -0.15) is 0 Å². The maximum absolute atomic E-state index is 13.4. The molecule has 4 rings (SSSR count). The smallest absolute Gasteiger partial charge is 0.332 e. The van der Waals surface area contributed by atoms with Gasteiger partial charge in [0, 0.05) is 14.1 Å². The molecule has 2 aromatic heterocycles. The van der Waals surface area contributed by atoms with Gasteiger partial charge in [-0.3, -0.25) is 13.9 Å². The van der Waals surface area contributed by atoms with Crippen molar-refractivity contribution in [2.24, 2.45) is 14.1 Å². The second kappa shape index (κ2) is 9.08. The van der Waals surface area contributed by atoms with E-state index in [0.717, 1.165) is 4.57 Å². The van der Waals surface area contributed by atoms with Crippen LogP contribution in [0, 0.1) is 11.6 Å². The molecule has 0 saturated heterocycles. The van der Waals surface area contributed by atoms with Crippen LogP contribution < -0.4 is 11.2 Å². The highest BCUT2D eigenvalue weighted by atomic mass is 19.1. The normalized spacial score (nSPS) is 12.5. The molecule has 33 heavy (non-hydrogen) atoms. The van der Waals surface area contributed by atoms with Crippen molar-refractivity contribution >= 4 is 11.2 Å². The molecule has 0 fully saturated rings. The van der Waals surface area contributed by atoms with Crippen LogP contribution in [0.25, 0.3) is 11.2 Å². The molecular formula is C23H22F2N4O4. The number of aryl methyl sites for hydroxylation is 1. The third-order valence-corrected chi connectivity index (χ3v) is 5.43. The van der Waals surface area contributed by atoms with Crippen LogP contribution in [0.4, 0.5) is 8.78 Å². The maximum atomic E-state index is 13.4. The van der Waals surface area contributed by atoms with Crippen LogP contribution in [0.15, 0.2) is 64.4 Å². The number of aromatic nitrogens is 4. The van der Waals surface area contributed by atoms with E-state index in [9.17, 15) is 23.5 Å². The number of aliphatic hydroxyl groups is 1. The van der Waals surface area contributed by atoms with Gasteiger partial charge in [-0.05, 0) is 35.4 Å².